The van der Waals surface area contributed by atoms with E-state index in [1.807, 2.05) is 6.07 Å². The quantitative estimate of drug-likeness (QED) is 0.825. The first-order chi connectivity index (χ1) is 9.28. The van der Waals surface area contributed by atoms with Crippen LogP contribution < -0.4 is 10.1 Å². The first-order valence-electron chi connectivity index (χ1n) is 7.16. The lowest BCUT2D eigenvalue weighted by Crippen LogP contribution is -2.28. The minimum atomic E-state index is 0.127. The Morgan fingerprint density at radius 1 is 1.47 bits per heavy atom. The lowest BCUT2D eigenvalue weighted by molar-refractivity contribution is 0.0900. The van der Waals surface area contributed by atoms with Crippen LogP contribution in [-0.2, 0) is 0 Å². The van der Waals surface area contributed by atoms with Gasteiger partial charge in [0, 0.05) is 29.8 Å². The smallest absolute Gasteiger partial charge is 0.169 e. The van der Waals surface area contributed by atoms with Gasteiger partial charge in [0.05, 0.1) is 12.8 Å². The van der Waals surface area contributed by atoms with Gasteiger partial charge in [0.15, 0.2) is 5.78 Å². The van der Waals surface area contributed by atoms with Crippen LogP contribution in [0, 0.1) is 5.92 Å². The fraction of sp³-hybridized carbons (Fsp3) is 0.600. The molecule has 1 aromatic rings. The zero-order valence-electron chi connectivity index (χ0n) is 11.3. The van der Waals surface area contributed by atoms with Crippen LogP contribution in [0.25, 0.3) is 0 Å². The van der Waals surface area contributed by atoms with E-state index in [1.165, 1.54) is 6.42 Å². The van der Waals surface area contributed by atoms with E-state index in [1.54, 1.807) is 12.4 Å². The zero-order chi connectivity index (χ0) is 13.2. The Morgan fingerprint density at radius 3 is 3.05 bits per heavy atom. The third kappa shape index (κ3) is 2.50. The van der Waals surface area contributed by atoms with Gasteiger partial charge >= 0.3 is 0 Å². The first kappa shape index (κ1) is 12.6. The van der Waals surface area contributed by atoms with E-state index in [4.69, 9.17) is 4.74 Å². The maximum atomic E-state index is 12.5. The van der Waals surface area contributed by atoms with Gasteiger partial charge in [0.25, 0.3) is 0 Å². The molecule has 1 aromatic heterocycles. The second kappa shape index (κ2) is 5.29. The summed E-state index contributed by atoms with van der Waals surface area (Å²) in [7, 11) is 0. The highest BCUT2D eigenvalue weighted by Crippen LogP contribution is 2.35. The van der Waals surface area contributed by atoms with E-state index in [0.717, 1.165) is 19.3 Å². The van der Waals surface area contributed by atoms with Crippen LogP contribution in [0.3, 0.4) is 0 Å². The average Bonchev–Trinajstić information content (AvgIpc) is 3.07. The molecule has 3 atom stereocenters. The summed E-state index contributed by atoms with van der Waals surface area (Å²) in [5, 5.41) is 3.50. The van der Waals surface area contributed by atoms with Crippen molar-refractivity contribution in [2.75, 3.05) is 6.61 Å². The van der Waals surface area contributed by atoms with Crippen molar-refractivity contribution < 1.29 is 9.53 Å². The number of aromatic nitrogens is 1. The second-order valence-electron chi connectivity index (χ2n) is 5.51. The number of carbonyl (C=O) groups is 1. The van der Waals surface area contributed by atoms with Gasteiger partial charge in [-0.1, -0.05) is 6.92 Å². The summed E-state index contributed by atoms with van der Waals surface area (Å²) in [6.45, 7) is 2.72. The normalized spacial score (nSPS) is 28.6. The second-order valence-corrected chi connectivity index (χ2v) is 5.51. The number of fused-ring (bicyclic) bond motifs is 2. The highest BCUT2D eigenvalue weighted by molar-refractivity contribution is 5.98. The van der Waals surface area contributed by atoms with Crippen LogP contribution in [0.4, 0.5) is 0 Å². The van der Waals surface area contributed by atoms with Gasteiger partial charge in [-0.3, -0.25) is 9.78 Å². The SMILES string of the molecule is CCCOc1cncc(C(=O)C2CC3CCC2N3)c1. The molecule has 1 N–H and O–H groups in total. The monoisotopic (exact) mass is 260 g/mol. The number of carbonyl (C=O) groups excluding carboxylic acids is 1. The van der Waals surface area contributed by atoms with Crippen LogP contribution in [0.15, 0.2) is 18.5 Å². The molecule has 0 aromatic carbocycles. The zero-order valence-corrected chi connectivity index (χ0v) is 11.3. The van der Waals surface area contributed by atoms with Crippen molar-refractivity contribution in [3.05, 3.63) is 24.0 Å². The molecule has 0 saturated carbocycles. The standard InChI is InChI=1S/C15H20N2O2/c1-2-5-19-12-6-10(8-16-9-12)15(18)13-7-11-3-4-14(13)17-11/h6,8-9,11,13-14,17H,2-5,7H2,1H3. The Morgan fingerprint density at radius 2 is 2.37 bits per heavy atom. The van der Waals surface area contributed by atoms with E-state index in [2.05, 4.69) is 17.2 Å². The van der Waals surface area contributed by atoms with Gasteiger partial charge in [-0.25, -0.2) is 0 Å². The molecule has 2 fully saturated rings. The van der Waals surface area contributed by atoms with Crippen LogP contribution in [0.5, 0.6) is 5.75 Å². The average molecular weight is 260 g/mol. The summed E-state index contributed by atoms with van der Waals surface area (Å²) in [5.41, 5.74) is 0.688. The molecule has 2 aliphatic rings. The van der Waals surface area contributed by atoms with Gasteiger partial charge in [-0.05, 0) is 31.7 Å². The molecule has 2 bridgehead atoms. The van der Waals surface area contributed by atoms with Gasteiger partial charge in [0.1, 0.15) is 5.75 Å². The molecular formula is C15H20N2O2. The number of nitrogens with one attached hydrogen (secondary N) is 1. The fourth-order valence-corrected chi connectivity index (χ4v) is 3.18. The molecule has 2 saturated heterocycles. The van der Waals surface area contributed by atoms with E-state index < -0.39 is 0 Å². The molecule has 0 spiro atoms. The molecule has 0 aliphatic carbocycles. The third-order valence-electron chi connectivity index (χ3n) is 4.11. The van der Waals surface area contributed by atoms with Crippen LogP contribution in [0.1, 0.15) is 43.0 Å². The van der Waals surface area contributed by atoms with Crippen molar-refractivity contribution in [1.82, 2.24) is 10.3 Å². The Kier molecular flexibility index (Phi) is 3.51. The van der Waals surface area contributed by atoms with Crippen molar-refractivity contribution >= 4 is 5.78 Å². The molecular weight excluding hydrogens is 240 g/mol. The van der Waals surface area contributed by atoms with Crippen LogP contribution >= 0.6 is 0 Å². The maximum Gasteiger partial charge on any atom is 0.169 e. The molecule has 19 heavy (non-hydrogen) atoms. The van der Waals surface area contributed by atoms with Gasteiger partial charge in [0.2, 0.25) is 0 Å². The lowest BCUT2D eigenvalue weighted by Gasteiger charge is -2.18. The number of hydrogen-bond donors (Lipinski definition) is 1. The number of ketones is 1. The molecule has 102 valence electrons. The molecule has 0 radical (unpaired) electrons. The minimum Gasteiger partial charge on any atom is -0.492 e. The number of pyridine rings is 1. The number of hydrogen-bond acceptors (Lipinski definition) is 4. The van der Waals surface area contributed by atoms with Crippen molar-refractivity contribution in [2.24, 2.45) is 5.92 Å². The van der Waals surface area contributed by atoms with Gasteiger partial charge < -0.3 is 10.1 Å². The summed E-state index contributed by atoms with van der Waals surface area (Å²) in [5.74, 6) is 1.04. The van der Waals surface area contributed by atoms with E-state index >= 15 is 0 Å². The van der Waals surface area contributed by atoms with Crippen molar-refractivity contribution in [2.45, 2.75) is 44.7 Å². The molecule has 0 amide bonds. The molecule has 3 heterocycles. The van der Waals surface area contributed by atoms with Crippen LogP contribution in [0.2, 0.25) is 0 Å². The topological polar surface area (TPSA) is 51.2 Å². The number of Topliss-reactive ketones (excluding diaryl/α,β-unsaturated/α-hetero) is 1. The Labute approximate surface area is 113 Å². The van der Waals surface area contributed by atoms with E-state index in [-0.39, 0.29) is 11.7 Å². The molecule has 2 aliphatic heterocycles. The summed E-state index contributed by atoms with van der Waals surface area (Å²) in [6, 6.07) is 2.75. The third-order valence-corrected chi connectivity index (χ3v) is 4.11. The number of ether oxygens (including phenoxy) is 1. The van der Waals surface area contributed by atoms with Crippen molar-refractivity contribution in [1.29, 1.82) is 0 Å². The molecule has 4 nitrogen and oxygen atoms in total. The number of rotatable bonds is 5. The Balaban J connectivity index is 1.72. The van der Waals surface area contributed by atoms with Crippen molar-refractivity contribution in [3.8, 4) is 5.75 Å². The molecule has 3 rings (SSSR count). The molecule has 4 heteroatoms. The Bertz CT molecular complexity index is 475. The largest absolute Gasteiger partial charge is 0.492 e. The van der Waals surface area contributed by atoms with E-state index in [9.17, 15) is 4.79 Å². The minimum absolute atomic E-state index is 0.127. The van der Waals surface area contributed by atoms with Gasteiger partial charge in [-0.2, -0.15) is 0 Å². The predicted octanol–water partition coefficient (Wildman–Crippen LogP) is 2.19. The fourth-order valence-electron chi connectivity index (χ4n) is 3.18. The highest BCUT2D eigenvalue weighted by Gasteiger charge is 2.42. The first-order valence-corrected chi connectivity index (χ1v) is 7.16. The predicted molar refractivity (Wildman–Crippen MR) is 72.4 cm³/mol. The maximum absolute atomic E-state index is 12.5. The van der Waals surface area contributed by atoms with Crippen LogP contribution in [-0.4, -0.2) is 29.5 Å². The lowest BCUT2D eigenvalue weighted by atomic mass is 9.84. The molecule has 3 unspecified atom stereocenters. The summed E-state index contributed by atoms with van der Waals surface area (Å²) >= 11 is 0. The summed E-state index contributed by atoms with van der Waals surface area (Å²) < 4.78 is 5.54. The summed E-state index contributed by atoms with van der Waals surface area (Å²) in [6.07, 6.45) is 7.60. The number of nitrogens with zero attached hydrogens (tertiary/aromatic N) is 1. The van der Waals surface area contributed by atoms with Crippen molar-refractivity contribution in [3.63, 3.8) is 0 Å². The Hall–Kier alpha value is -1.42. The summed E-state index contributed by atoms with van der Waals surface area (Å²) in [4.78, 5) is 16.7. The highest BCUT2D eigenvalue weighted by atomic mass is 16.5. The van der Waals surface area contributed by atoms with E-state index in [0.29, 0.717) is 30.0 Å². The van der Waals surface area contributed by atoms with Gasteiger partial charge in [-0.15, -0.1) is 0 Å².